The van der Waals surface area contributed by atoms with Crippen LogP contribution in [0.15, 0.2) is 11.6 Å². The molecule has 9 heteroatoms. The summed E-state index contributed by atoms with van der Waals surface area (Å²) in [6, 6.07) is 0. The fourth-order valence-corrected chi connectivity index (χ4v) is 8.41. The van der Waals surface area contributed by atoms with Crippen molar-refractivity contribution in [2.45, 2.75) is 84.9 Å². The molecule has 0 spiro atoms. The molecule has 6 atom stereocenters. The van der Waals surface area contributed by atoms with E-state index in [0.29, 0.717) is 18.9 Å². The molecular formula is C26H43O8P. The molecule has 2 saturated carbocycles. The number of carbonyl (C=O) groups excluding carboxylic acids is 2. The second kappa shape index (κ2) is 11.6. The highest BCUT2D eigenvalue weighted by Gasteiger charge is 2.56. The van der Waals surface area contributed by atoms with Crippen molar-refractivity contribution in [3.8, 4) is 0 Å². The molecule has 8 nitrogen and oxygen atoms in total. The number of hydrogen-bond acceptors (Lipinski definition) is 8. The smallest absolute Gasteiger partial charge is 0.344 e. The van der Waals surface area contributed by atoms with Crippen molar-refractivity contribution in [3.05, 3.63) is 11.6 Å². The van der Waals surface area contributed by atoms with Crippen LogP contribution in [0, 0.1) is 22.7 Å². The molecule has 0 radical (unpaired) electrons. The van der Waals surface area contributed by atoms with Gasteiger partial charge in [-0.2, -0.15) is 0 Å². The fourth-order valence-electron chi connectivity index (χ4n) is 6.85. The van der Waals surface area contributed by atoms with Gasteiger partial charge in [0.05, 0.1) is 19.8 Å². The molecule has 0 heterocycles. The first kappa shape index (κ1) is 28.5. The third kappa shape index (κ3) is 5.77. The van der Waals surface area contributed by atoms with E-state index in [-0.39, 0.29) is 42.5 Å². The van der Waals surface area contributed by atoms with Crippen LogP contribution in [0.3, 0.4) is 0 Å². The highest BCUT2D eigenvalue weighted by Crippen LogP contribution is 2.63. The number of ether oxygens (including phenoxy) is 3. The summed E-state index contributed by atoms with van der Waals surface area (Å²) in [4.78, 5) is 25.9. The maximum absolute atomic E-state index is 13.1. The number of allylic oxidation sites excluding steroid dienone is 1. The highest BCUT2D eigenvalue weighted by molar-refractivity contribution is 7.55. The summed E-state index contributed by atoms with van der Waals surface area (Å²) in [6.45, 7) is 10.7. The predicted octanol–water partition coefficient (Wildman–Crippen LogP) is 5.30. The zero-order chi connectivity index (χ0) is 25.9. The Morgan fingerprint density at radius 2 is 1.89 bits per heavy atom. The molecule has 3 rings (SSSR count). The van der Waals surface area contributed by atoms with Gasteiger partial charge in [0.2, 0.25) is 0 Å². The van der Waals surface area contributed by atoms with E-state index >= 15 is 0 Å². The number of rotatable bonds is 11. The molecule has 2 fully saturated rings. The molecule has 0 bridgehead atoms. The van der Waals surface area contributed by atoms with E-state index < -0.39 is 25.3 Å². The zero-order valence-electron chi connectivity index (χ0n) is 22.2. The second-order valence-electron chi connectivity index (χ2n) is 10.7. The van der Waals surface area contributed by atoms with Crippen molar-refractivity contribution in [3.63, 3.8) is 0 Å². The Labute approximate surface area is 210 Å². The number of fused-ring (bicyclic) bond motifs is 3. The molecular weight excluding hydrogens is 471 g/mol. The van der Waals surface area contributed by atoms with Crippen molar-refractivity contribution < 1.29 is 37.4 Å². The van der Waals surface area contributed by atoms with E-state index in [1.807, 2.05) is 0 Å². The zero-order valence-corrected chi connectivity index (χ0v) is 23.1. The van der Waals surface area contributed by atoms with Crippen LogP contribution in [-0.4, -0.2) is 57.2 Å². The summed E-state index contributed by atoms with van der Waals surface area (Å²) in [5.74, 6) is -0.324. The highest BCUT2D eigenvalue weighted by atomic mass is 31.2. The molecule has 0 aromatic carbocycles. The van der Waals surface area contributed by atoms with Gasteiger partial charge < -0.3 is 23.3 Å². The molecule has 0 N–H and O–H groups in total. The van der Waals surface area contributed by atoms with Crippen LogP contribution in [0.25, 0.3) is 0 Å². The SMILES string of the molecule is CCOP(=O)(OCC)C(C)C(=O)O[C@@H]1C[C@@H]2C(=CC1=O)CC[C@@H]1[C@](C)(COCOC)CCC[C@@]21C. The van der Waals surface area contributed by atoms with Crippen LogP contribution in [-0.2, 0) is 37.4 Å². The second-order valence-corrected chi connectivity index (χ2v) is 13.1. The molecule has 35 heavy (non-hydrogen) atoms. The Hall–Kier alpha value is -1.05. The van der Waals surface area contributed by atoms with Gasteiger partial charge in [-0.05, 0) is 81.6 Å². The fraction of sp³-hybridized carbons (Fsp3) is 0.846. The first-order valence-electron chi connectivity index (χ1n) is 12.9. The van der Waals surface area contributed by atoms with Gasteiger partial charge in [-0.1, -0.05) is 25.8 Å². The van der Waals surface area contributed by atoms with E-state index in [1.54, 1.807) is 27.0 Å². The van der Waals surface area contributed by atoms with Crippen LogP contribution < -0.4 is 0 Å². The Kier molecular flexibility index (Phi) is 9.42. The lowest BCUT2D eigenvalue weighted by atomic mass is 9.46. The molecule has 1 unspecified atom stereocenters. The summed E-state index contributed by atoms with van der Waals surface area (Å²) >= 11 is 0. The maximum Gasteiger partial charge on any atom is 0.344 e. The monoisotopic (exact) mass is 514 g/mol. The van der Waals surface area contributed by atoms with Crippen LogP contribution >= 0.6 is 7.60 Å². The largest absolute Gasteiger partial charge is 0.453 e. The lowest BCUT2D eigenvalue weighted by Gasteiger charge is -2.59. The van der Waals surface area contributed by atoms with Gasteiger partial charge in [0, 0.05) is 7.11 Å². The minimum Gasteiger partial charge on any atom is -0.453 e. The van der Waals surface area contributed by atoms with Crippen molar-refractivity contribution in [1.29, 1.82) is 0 Å². The minimum absolute atomic E-state index is 0.0174. The normalized spacial score (nSPS) is 33.9. The summed E-state index contributed by atoms with van der Waals surface area (Å²) < 4.78 is 40.3. The Morgan fingerprint density at radius 1 is 1.20 bits per heavy atom. The van der Waals surface area contributed by atoms with Crippen molar-refractivity contribution in [2.24, 2.45) is 22.7 Å². The van der Waals surface area contributed by atoms with E-state index in [1.165, 1.54) is 12.5 Å². The first-order chi connectivity index (χ1) is 16.5. The molecule has 200 valence electrons. The lowest BCUT2D eigenvalue weighted by Crippen LogP contribution is -2.54. The van der Waals surface area contributed by atoms with E-state index in [9.17, 15) is 14.2 Å². The summed E-state index contributed by atoms with van der Waals surface area (Å²) in [6.07, 6.45) is 6.42. The van der Waals surface area contributed by atoms with Gasteiger partial charge in [0.1, 0.15) is 6.79 Å². The third-order valence-electron chi connectivity index (χ3n) is 8.49. The van der Waals surface area contributed by atoms with E-state index in [2.05, 4.69) is 13.8 Å². The summed E-state index contributed by atoms with van der Waals surface area (Å²) in [5, 5.41) is 0. The van der Waals surface area contributed by atoms with Gasteiger partial charge in [-0.3, -0.25) is 14.2 Å². The molecule has 0 amide bonds. The topological polar surface area (TPSA) is 97.4 Å². The maximum atomic E-state index is 13.1. The lowest BCUT2D eigenvalue weighted by molar-refractivity contribution is -0.159. The molecule has 3 aliphatic carbocycles. The van der Waals surface area contributed by atoms with Crippen LogP contribution in [0.4, 0.5) is 0 Å². The summed E-state index contributed by atoms with van der Waals surface area (Å²) in [7, 11) is -2.04. The Bertz CT molecular complexity index is 846. The number of carbonyl (C=O) groups is 2. The minimum atomic E-state index is -3.68. The van der Waals surface area contributed by atoms with Crippen LogP contribution in [0.2, 0.25) is 0 Å². The first-order valence-corrected chi connectivity index (χ1v) is 14.6. The third-order valence-corrected chi connectivity index (χ3v) is 10.9. The number of methoxy groups -OCH3 is 1. The summed E-state index contributed by atoms with van der Waals surface area (Å²) in [5.41, 5.74) is 0.0775. The van der Waals surface area contributed by atoms with E-state index in [4.69, 9.17) is 23.3 Å². The predicted molar refractivity (Wildman–Crippen MR) is 132 cm³/mol. The van der Waals surface area contributed by atoms with Crippen molar-refractivity contribution >= 4 is 19.3 Å². The van der Waals surface area contributed by atoms with Crippen molar-refractivity contribution in [1.82, 2.24) is 0 Å². The van der Waals surface area contributed by atoms with Crippen molar-refractivity contribution in [2.75, 3.05) is 33.7 Å². The standard InChI is InChI=1S/C26H43O8P/c1-7-32-35(29,33-8-2)18(3)24(28)34-22-15-20-19(14-21(22)27)10-11-23-25(4,16-31-17-30-6)12-9-13-26(20,23)5/h14,18,20,22-23H,7-13,15-17H2,1-6H3/t18?,20-,22-,23-,25+,26+/m1/s1. The van der Waals surface area contributed by atoms with Gasteiger partial charge in [0.25, 0.3) is 0 Å². The van der Waals surface area contributed by atoms with Gasteiger partial charge in [-0.25, -0.2) is 0 Å². The van der Waals surface area contributed by atoms with Gasteiger partial charge in [0.15, 0.2) is 17.5 Å². The Balaban J connectivity index is 1.78. The van der Waals surface area contributed by atoms with E-state index in [0.717, 1.165) is 32.1 Å². The molecule has 3 aliphatic rings. The molecule has 0 aromatic rings. The number of hydrogen-bond donors (Lipinski definition) is 0. The number of esters is 1. The molecule has 0 aromatic heterocycles. The Morgan fingerprint density at radius 3 is 2.51 bits per heavy atom. The van der Waals surface area contributed by atoms with Gasteiger partial charge in [-0.15, -0.1) is 0 Å². The quantitative estimate of drug-likeness (QED) is 0.159. The average Bonchev–Trinajstić information content (AvgIpc) is 2.79. The number of ketones is 1. The molecule has 0 saturated heterocycles. The molecule has 0 aliphatic heterocycles. The van der Waals surface area contributed by atoms with Gasteiger partial charge >= 0.3 is 13.6 Å². The average molecular weight is 515 g/mol. The van der Waals surface area contributed by atoms with Crippen LogP contribution in [0.5, 0.6) is 0 Å². The van der Waals surface area contributed by atoms with Crippen LogP contribution in [0.1, 0.15) is 73.1 Å².